The number of phenolic OH excluding ortho intramolecular Hbond substituents is 1. The van der Waals surface area contributed by atoms with E-state index in [-0.39, 0.29) is 45.6 Å². The molecule has 3 N–H and O–H groups in total. The van der Waals surface area contributed by atoms with Gasteiger partial charge in [-0.15, -0.1) is 0 Å². The summed E-state index contributed by atoms with van der Waals surface area (Å²) in [6.45, 7) is 0. The van der Waals surface area contributed by atoms with Crippen molar-refractivity contribution in [1.82, 2.24) is 4.90 Å². The van der Waals surface area contributed by atoms with Gasteiger partial charge < -0.3 is 15.5 Å². The van der Waals surface area contributed by atoms with Crippen LogP contribution in [0.25, 0.3) is 0 Å². The number of hydrogen-bond acceptors (Lipinski definition) is 5. The molecule has 8 heteroatoms. The van der Waals surface area contributed by atoms with Gasteiger partial charge in [-0.2, -0.15) is 0 Å². The Bertz CT molecular complexity index is 1070. The van der Waals surface area contributed by atoms with Crippen LogP contribution in [0.1, 0.15) is 73.5 Å². The van der Waals surface area contributed by atoms with Crippen molar-refractivity contribution in [1.29, 1.82) is 0 Å². The summed E-state index contributed by atoms with van der Waals surface area (Å²) in [6, 6.07) is 7.68. The van der Waals surface area contributed by atoms with E-state index in [1.54, 1.807) is 0 Å². The van der Waals surface area contributed by atoms with Gasteiger partial charge in [-0.25, -0.2) is 4.79 Å². The minimum Gasteiger partial charge on any atom is -0.506 e. The quantitative estimate of drug-likeness (QED) is 0.527. The minimum absolute atomic E-state index is 0.0633. The van der Waals surface area contributed by atoms with E-state index >= 15 is 0 Å². The summed E-state index contributed by atoms with van der Waals surface area (Å²) >= 11 is 0. The molecule has 0 atom stereocenters. The summed E-state index contributed by atoms with van der Waals surface area (Å²) in [6.07, 6.45) is 4.63. The molecule has 0 bridgehead atoms. The maximum atomic E-state index is 12.9. The number of aromatic carboxylic acids is 1. The molecule has 8 nitrogen and oxygen atoms in total. The second-order valence-corrected chi connectivity index (χ2v) is 7.52. The number of nitrogens with one attached hydrogen (secondary N) is 1. The van der Waals surface area contributed by atoms with E-state index in [2.05, 4.69) is 5.32 Å². The average molecular weight is 408 g/mol. The molecule has 0 aromatic heterocycles. The maximum Gasteiger partial charge on any atom is 0.335 e. The van der Waals surface area contributed by atoms with E-state index in [0.29, 0.717) is 0 Å². The highest BCUT2D eigenvalue weighted by Gasteiger charge is 2.40. The predicted molar refractivity (Wildman–Crippen MR) is 107 cm³/mol. The van der Waals surface area contributed by atoms with Crippen LogP contribution in [-0.4, -0.2) is 44.8 Å². The number of carboxylic acids is 1. The monoisotopic (exact) mass is 408 g/mol. The van der Waals surface area contributed by atoms with Crippen LogP contribution >= 0.6 is 0 Å². The average Bonchev–Trinajstić information content (AvgIpc) is 2.99. The molecule has 1 aliphatic carbocycles. The molecule has 1 aliphatic heterocycles. The Balaban J connectivity index is 1.58. The molecule has 0 saturated heterocycles. The highest BCUT2D eigenvalue weighted by Crippen LogP contribution is 2.32. The lowest BCUT2D eigenvalue weighted by Crippen LogP contribution is -2.40. The third-order valence-electron chi connectivity index (χ3n) is 5.61. The lowest BCUT2D eigenvalue weighted by Gasteiger charge is -2.29. The molecular weight excluding hydrogens is 388 g/mol. The lowest BCUT2D eigenvalue weighted by atomic mass is 9.94. The number of benzene rings is 2. The van der Waals surface area contributed by atoms with Crippen molar-refractivity contribution in [3.8, 4) is 5.75 Å². The molecular formula is C22H20N2O6. The predicted octanol–water partition coefficient (Wildman–Crippen LogP) is 3.27. The lowest BCUT2D eigenvalue weighted by molar-refractivity contribution is 0.0547. The van der Waals surface area contributed by atoms with E-state index in [0.717, 1.165) is 38.2 Å². The van der Waals surface area contributed by atoms with Gasteiger partial charge >= 0.3 is 5.97 Å². The number of anilines is 1. The molecule has 0 unspecified atom stereocenters. The minimum atomic E-state index is -1.20. The Morgan fingerprint density at radius 2 is 1.57 bits per heavy atom. The maximum absolute atomic E-state index is 12.9. The van der Waals surface area contributed by atoms with Crippen LogP contribution in [0, 0.1) is 0 Å². The molecule has 2 aromatic rings. The first kappa shape index (κ1) is 19.6. The zero-order valence-corrected chi connectivity index (χ0v) is 16.1. The third-order valence-corrected chi connectivity index (χ3v) is 5.61. The second kappa shape index (κ2) is 7.62. The summed E-state index contributed by atoms with van der Waals surface area (Å²) in [5.41, 5.74) is 0.424. The van der Waals surface area contributed by atoms with Crippen LogP contribution in [0.15, 0.2) is 36.4 Å². The highest BCUT2D eigenvalue weighted by molar-refractivity contribution is 6.22. The first-order chi connectivity index (χ1) is 14.4. The van der Waals surface area contributed by atoms with Crippen molar-refractivity contribution < 1.29 is 29.4 Å². The number of rotatable bonds is 4. The van der Waals surface area contributed by atoms with Crippen LogP contribution in [0.2, 0.25) is 0 Å². The van der Waals surface area contributed by atoms with Crippen LogP contribution in [0.3, 0.4) is 0 Å². The van der Waals surface area contributed by atoms with Gasteiger partial charge in [0.25, 0.3) is 17.7 Å². The Morgan fingerprint density at radius 1 is 0.900 bits per heavy atom. The fraction of sp³-hybridized carbons (Fsp3) is 0.273. The summed E-state index contributed by atoms with van der Waals surface area (Å²) in [4.78, 5) is 50.7. The van der Waals surface area contributed by atoms with Crippen LogP contribution in [-0.2, 0) is 0 Å². The summed E-state index contributed by atoms with van der Waals surface area (Å²) in [7, 11) is 0. The molecule has 1 saturated carbocycles. The standard InChI is InChI=1S/C22H20N2O6/c25-18-9-7-13(22(29)30)11-17(18)23-19(26)12-6-8-15-16(10-12)21(28)24(20(15)27)14-4-2-1-3-5-14/h6-11,14,25H,1-5H2,(H,23,26)(H,29,30). The van der Waals surface area contributed by atoms with Crippen LogP contribution < -0.4 is 5.32 Å². The number of hydrogen-bond donors (Lipinski definition) is 3. The number of nitrogens with zero attached hydrogens (tertiary/aromatic N) is 1. The van der Waals surface area contributed by atoms with Crippen molar-refractivity contribution >= 4 is 29.4 Å². The summed E-state index contributed by atoms with van der Waals surface area (Å²) in [5.74, 6) is -2.85. The molecule has 0 radical (unpaired) electrons. The number of carboxylic acid groups (broad SMARTS) is 1. The Labute approximate surface area is 172 Å². The molecule has 3 amide bonds. The third kappa shape index (κ3) is 3.41. The Hall–Kier alpha value is -3.68. The number of aromatic hydroxyl groups is 1. The van der Waals surface area contributed by atoms with E-state index in [1.807, 2.05) is 0 Å². The molecule has 2 aromatic carbocycles. The molecule has 2 aliphatic rings. The molecule has 1 heterocycles. The Kier molecular flexibility index (Phi) is 4.99. The number of carbonyl (C=O) groups excluding carboxylic acids is 3. The van der Waals surface area contributed by atoms with Crippen molar-refractivity contribution in [3.05, 3.63) is 58.7 Å². The fourth-order valence-corrected chi connectivity index (χ4v) is 4.04. The van der Waals surface area contributed by atoms with Gasteiger partial charge in [0.1, 0.15) is 5.75 Å². The number of amides is 3. The van der Waals surface area contributed by atoms with Crippen molar-refractivity contribution in [2.24, 2.45) is 0 Å². The number of carbonyl (C=O) groups is 4. The van der Waals surface area contributed by atoms with Crippen molar-refractivity contribution in [2.75, 3.05) is 5.32 Å². The number of phenols is 1. The zero-order chi connectivity index (χ0) is 21.4. The summed E-state index contributed by atoms with van der Waals surface area (Å²) in [5, 5.41) is 21.4. The zero-order valence-electron chi connectivity index (χ0n) is 16.1. The highest BCUT2D eigenvalue weighted by atomic mass is 16.4. The van der Waals surface area contributed by atoms with Gasteiger partial charge in [-0.1, -0.05) is 19.3 Å². The van der Waals surface area contributed by atoms with Gasteiger partial charge in [0.2, 0.25) is 0 Å². The number of fused-ring (bicyclic) bond motifs is 1. The van der Waals surface area contributed by atoms with E-state index in [4.69, 9.17) is 5.11 Å². The Morgan fingerprint density at radius 3 is 2.27 bits per heavy atom. The van der Waals surface area contributed by atoms with Gasteiger partial charge in [-0.3, -0.25) is 19.3 Å². The first-order valence-electron chi connectivity index (χ1n) is 9.76. The fourth-order valence-electron chi connectivity index (χ4n) is 4.04. The van der Waals surface area contributed by atoms with Crippen LogP contribution in [0.4, 0.5) is 5.69 Å². The van der Waals surface area contributed by atoms with Crippen molar-refractivity contribution in [2.45, 2.75) is 38.1 Å². The molecule has 1 fully saturated rings. The van der Waals surface area contributed by atoms with Crippen LogP contribution in [0.5, 0.6) is 5.75 Å². The molecule has 30 heavy (non-hydrogen) atoms. The second-order valence-electron chi connectivity index (χ2n) is 7.52. The molecule has 154 valence electrons. The smallest absolute Gasteiger partial charge is 0.335 e. The van der Waals surface area contributed by atoms with Crippen molar-refractivity contribution in [3.63, 3.8) is 0 Å². The largest absolute Gasteiger partial charge is 0.506 e. The molecule has 0 spiro atoms. The van der Waals surface area contributed by atoms with E-state index in [9.17, 15) is 24.3 Å². The normalized spacial score (nSPS) is 16.5. The van der Waals surface area contributed by atoms with Gasteiger partial charge in [-0.05, 0) is 49.2 Å². The van der Waals surface area contributed by atoms with Gasteiger partial charge in [0, 0.05) is 11.6 Å². The van der Waals surface area contributed by atoms with Gasteiger partial charge in [0.05, 0.1) is 22.4 Å². The first-order valence-corrected chi connectivity index (χ1v) is 9.76. The topological polar surface area (TPSA) is 124 Å². The SMILES string of the molecule is O=C(O)c1ccc(O)c(NC(=O)c2ccc3c(c2)C(=O)N(C2CCCCC2)C3=O)c1. The number of imide groups is 1. The van der Waals surface area contributed by atoms with Gasteiger partial charge in [0.15, 0.2) is 0 Å². The van der Waals surface area contributed by atoms with E-state index in [1.165, 1.54) is 35.2 Å². The van der Waals surface area contributed by atoms with E-state index < -0.39 is 17.8 Å². The summed E-state index contributed by atoms with van der Waals surface area (Å²) < 4.78 is 0. The molecule has 4 rings (SSSR count).